The van der Waals surface area contributed by atoms with Crippen molar-refractivity contribution in [2.45, 2.75) is 20.4 Å². The predicted molar refractivity (Wildman–Crippen MR) is 112 cm³/mol. The van der Waals surface area contributed by atoms with Gasteiger partial charge in [-0.1, -0.05) is 39.9 Å². The van der Waals surface area contributed by atoms with Gasteiger partial charge >= 0.3 is 5.97 Å². The number of fused-ring (bicyclic) bond motifs is 1. The van der Waals surface area contributed by atoms with Crippen LogP contribution in [0.25, 0.3) is 17.0 Å². The van der Waals surface area contributed by atoms with Crippen molar-refractivity contribution in [2.75, 3.05) is 13.2 Å². The Morgan fingerprint density at radius 1 is 1.38 bits per heavy atom. The van der Waals surface area contributed by atoms with Crippen molar-refractivity contribution in [3.05, 3.63) is 39.3 Å². The van der Waals surface area contributed by atoms with Crippen LogP contribution in [-0.2, 0) is 20.9 Å². The number of likely N-dealkylation sites (N-methyl/N-ethyl adjacent to an activating group) is 1. The highest BCUT2D eigenvalue weighted by atomic mass is 79.9. The van der Waals surface area contributed by atoms with E-state index in [-0.39, 0.29) is 18.4 Å². The summed E-state index contributed by atoms with van der Waals surface area (Å²) in [4.78, 5) is 26.6. The summed E-state index contributed by atoms with van der Waals surface area (Å²) in [7, 11) is 0. The highest BCUT2D eigenvalue weighted by molar-refractivity contribution is 9.10. The summed E-state index contributed by atoms with van der Waals surface area (Å²) in [6, 6.07) is 5.83. The molecule has 2 aromatic rings. The minimum absolute atomic E-state index is 0.0798. The third-order valence-electron chi connectivity index (χ3n) is 3.96. The average Bonchev–Trinajstić information content (AvgIpc) is 3.05. The molecule has 0 aliphatic carbocycles. The third-order valence-corrected chi connectivity index (χ3v) is 5.83. The van der Waals surface area contributed by atoms with E-state index in [0.717, 1.165) is 20.9 Å². The van der Waals surface area contributed by atoms with Crippen molar-refractivity contribution in [2.24, 2.45) is 0 Å². The average molecular weight is 453 g/mol. The van der Waals surface area contributed by atoms with Gasteiger partial charge in [0.2, 0.25) is 0 Å². The maximum Gasteiger partial charge on any atom is 0.325 e. The summed E-state index contributed by atoms with van der Waals surface area (Å²) in [5, 5.41) is 0.949. The maximum absolute atomic E-state index is 12.5. The summed E-state index contributed by atoms with van der Waals surface area (Å²) < 4.78 is 8.39. The van der Waals surface area contributed by atoms with E-state index in [1.54, 1.807) is 11.8 Å². The molecule has 136 valence electrons. The molecule has 1 amide bonds. The number of carbonyl (C=O) groups is 2. The number of rotatable bonds is 5. The molecule has 0 spiro atoms. The van der Waals surface area contributed by atoms with Crippen LogP contribution in [0.3, 0.4) is 0 Å². The molecular weight excluding hydrogens is 436 g/mol. The summed E-state index contributed by atoms with van der Waals surface area (Å²) in [6.07, 6.45) is 3.71. The Labute approximate surface area is 169 Å². The van der Waals surface area contributed by atoms with Crippen LogP contribution in [0.2, 0.25) is 0 Å². The van der Waals surface area contributed by atoms with Gasteiger partial charge < -0.3 is 9.30 Å². The quantitative estimate of drug-likeness (QED) is 0.386. The van der Waals surface area contributed by atoms with Crippen LogP contribution in [0.5, 0.6) is 0 Å². The van der Waals surface area contributed by atoms with Gasteiger partial charge in [-0.05, 0) is 38.1 Å². The second kappa shape index (κ2) is 7.94. The Hall–Kier alpha value is -1.64. The Bertz CT molecular complexity index is 936. The molecule has 0 saturated carbocycles. The third kappa shape index (κ3) is 3.72. The molecule has 0 radical (unpaired) electrons. The molecule has 0 bridgehead atoms. The zero-order valence-electron chi connectivity index (χ0n) is 14.3. The fourth-order valence-electron chi connectivity index (χ4n) is 2.80. The molecule has 2 heterocycles. The second-order valence-electron chi connectivity index (χ2n) is 5.60. The fourth-order valence-corrected chi connectivity index (χ4v) is 4.54. The Balaban J connectivity index is 2.04. The number of aromatic nitrogens is 1. The van der Waals surface area contributed by atoms with Gasteiger partial charge in [0.1, 0.15) is 10.9 Å². The molecule has 5 nitrogen and oxygen atoms in total. The van der Waals surface area contributed by atoms with E-state index < -0.39 is 0 Å². The normalized spacial score (nSPS) is 16.1. The molecule has 1 saturated heterocycles. The highest BCUT2D eigenvalue weighted by Gasteiger charge is 2.30. The number of hydrogen-bond donors (Lipinski definition) is 0. The van der Waals surface area contributed by atoms with E-state index >= 15 is 0 Å². The predicted octanol–water partition coefficient (Wildman–Crippen LogP) is 4.19. The molecule has 0 N–H and O–H groups in total. The lowest BCUT2D eigenvalue weighted by atomic mass is 10.1. The lowest BCUT2D eigenvalue weighted by molar-refractivity contribution is -0.143. The van der Waals surface area contributed by atoms with Gasteiger partial charge in [0.05, 0.1) is 11.5 Å². The van der Waals surface area contributed by atoms with Crippen molar-refractivity contribution in [1.82, 2.24) is 9.47 Å². The van der Waals surface area contributed by atoms with Gasteiger partial charge in [-0.3, -0.25) is 14.5 Å². The van der Waals surface area contributed by atoms with E-state index in [2.05, 4.69) is 15.9 Å². The molecule has 1 aromatic heterocycles. The Morgan fingerprint density at radius 3 is 2.81 bits per heavy atom. The molecule has 8 heteroatoms. The standard InChI is InChI=1S/C18H17BrN2O3S2/c1-3-21-17(23)15(26-18(21)25)7-11-9-20(10-16(22)24-4-2)14-6-5-12(19)8-13(11)14/h5-9H,3-4,10H2,1-2H3/b15-7-. The summed E-state index contributed by atoms with van der Waals surface area (Å²) in [5.41, 5.74) is 1.76. The number of hydrogen-bond acceptors (Lipinski definition) is 5. The van der Waals surface area contributed by atoms with Gasteiger partial charge in [0.25, 0.3) is 5.91 Å². The SMILES string of the molecule is CCOC(=O)Cn1cc(/C=C2\SC(=S)N(CC)C2=O)c2cc(Br)ccc21. The van der Waals surface area contributed by atoms with Crippen molar-refractivity contribution >= 4 is 73.1 Å². The zero-order chi connectivity index (χ0) is 18.8. The van der Waals surface area contributed by atoms with Crippen LogP contribution in [-0.4, -0.2) is 38.8 Å². The van der Waals surface area contributed by atoms with Crippen LogP contribution in [0.1, 0.15) is 19.4 Å². The summed E-state index contributed by atoms with van der Waals surface area (Å²) in [5.74, 6) is -0.375. The first-order valence-electron chi connectivity index (χ1n) is 8.14. The van der Waals surface area contributed by atoms with Crippen LogP contribution in [0, 0.1) is 0 Å². The minimum Gasteiger partial charge on any atom is -0.465 e. The minimum atomic E-state index is -0.295. The number of thiocarbonyl (C=S) groups is 1. The molecular formula is C18H17BrN2O3S2. The lowest BCUT2D eigenvalue weighted by Crippen LogP contribution is -2.27. The topological polar surface area (TPSA) is 51.5 Å². The van der Waals surface area contributed by atoms with E-state index in [4.69, 9.17) is 17.0 Å². The molecule has 0 unspecified atom stereocenters. The van der Waals surface area contributed by atoms with Crippen LogP contribution in [0.4, 0.5) is 0 Å². The largest absolute Gasteiger partial charge is 0.465 e. The lowest BCUT2D eigenvalue weighted by Gasteiger charge is -2.09. The smallest absolute Gasteiger partial charge is 0.325 e. The van der Waals surface area contributed by atoms with Crippen molar-refractivity contribution in [3.63, 3.8) is 0 Å². The van der Waals surface area contributed by atoms with Crippen LogP contribution in [0.15, 0.2) is 33.8 Å². The Kier molecular flexibility index (Phi) is 5.84. The highest BCUT2D eigenvalue weighted by Crippen LogP contribution is 2.34. The Morgan fingerprint density at radius 2 is 2.15 bits per heavy atom. The van der Waals surface area contributed by atoms with Gasteiger partial charge in [-0.25, -0.2) is 0 Å². The molecule has 26 heavy (non-hydrogen) atoms. The second-order valence-corrected chi connectivity index (χ2v) is 8.20. The van der Waals surface area contributed by atoms with E-state index in [1.165, 1.54) is 11.8 Å². The molecule has 1 fully saturated rings. The molecule has 3 rings (SSSR count). The maximum atomic E-state index is 12.5. The number of thioether (sulfide) groups is 1. The first-order chi connectivity index (χ1) is 12.4. The van der Waals surface area contributed by atoms with Crippen molar-refractivity contribution in [3.8, 4) is 0 Å². The zero-order valence-corrected chi connectivity index (χ0v) is 17.5. The van der Waals surface area contributed by atoms with Gasteiger partial charge in [0.15, 0.2) is 0 Å². The fraction of sp³-hybridized carbons (Fsp3) is 0.278. The van der Waals surface area contributed by atoms with Crippen molar-refractivity contribution in [1.29, 1.82) is 0 Å². The van der Waals surface area contributed by atoms with E-state index in [9.17, 15) is 9.59 Å². The number of halogens is 1. The molecule has 1 aliphatic heterocycles. The number of benzene rings is 1. The number of carbonyl (C=O) groups excluding carboxylic acids is 2. The molecule has 1 aliphatic rings. The number of ether oxygens (including phenoxy) is 1. The number of amides is 1. The molecule has 1 aromatic carbocycles. The summed E-state index contributed by atoms with van der Waals surface area (Å²) >= 11 is 10.1. The monoisotopic (exact) mass is 452 g/mol. The van der Waals surface area contributed by atoms with Crippen LogP contribution >= 0.6 is 39.9 Å². The van der Waals surface area contributed by atoms with Gasteiger partial charge in [-0.2, -0.15) is 0 Å². The molecule has 0 atom stereocenters. The van der Waals surface area contributed by atoms with Crippen molar-refractivity contribution < 1.29 is 14.3 Å². The van der Waals surface area contributed by atoms with E-state index in [1.807, 2.05) is 42.0 Å². The van der Waals surface area contributed by atoms with Crippen LogP contribution < -0.4 is 0 Å². The van der Waals surface area contributed by atoms with Gasteiger partial charge in [0, 0.05) is 33.7 Å². The first-order valence-corrected chi connectivity index (χ1v) is 10.2. The number of nitrogens with zero attached hydrogens (tertiary/aromatic N) is 2. The van der Waals surface area contributed by atoms with Gasteiger partial charge in [-0.15, -0.1) is 0 Å². The summed E-state index contributed by atoms with van der Waals surface area (Å²) in [6.45, 7) is 4.70. The first kappa shape index (κ1) is 19.1. The number of esters is 1. The van der Waals surface area contributed by atoms with E-state index in [0.29, 0.717) is 22.4 Å².